The van der Waals surface area contributed by atoms with Crippen LogP contribution in [0.4, 0.5) is 5.69 Å². The molecule has 0 saturated carbocycles. The van der Waals surface area contributed by atoms with Crippen LogP contribution in [0.2, 0.25) is 0 Å². The van der Waals surface area contributed by atoms with E-state index in [0.29, 0.717) is 11.4 Å². The maximum absolute atomic E-state index is 9.59. The van der Waals surface area contributed by atoms with Gasteiger partial charge in [-0.3, -0.25) is 10.7 Å². The average molecular weight is 154 g/mol. The summed E-state index contributed by atoms with van der Waals surface area (Å²) in [5, 5.41) is 10.6. The Balaban J connectivity index is 2.74. The molecule has 0 spiro atoms. The minimum absolute atomic E-state index is 0.332. The van der Waals surface area contributed by atoms with E-state index in [4.69, 9.17) is 5.21 Å². The SMILES string of the molecule is O=NOc1ccc(NO)cc1. The van der Waals surface area contributed by atoms with Crippen molar-refractivity contribution in [3.63, 3.8) is 0 Å². The molecule has 2 N–H and O–H groups in total. The molecule has 0 aliphatic heterocycles. The van der Waals surface area contributed by atoms with Crippen molar-refractivity contribution >= 4 is 5.69 Å². The summed E-state index contributed by atoms with van der Waals surface area (Å²) in [6, 6.07) is 6.08. The zero-order valence-corrected chi connectivity index (χ0v) is 5.52. The normalized spacial score (nSPS) is 8.82. The molecule has 0 atom stereocenters. The molecule has 5 heteroatoms. The van der Waals surface area contributed by atoms with Crippen LogP contribution in [0.1, 0.15) is 0 Å². The summed E-state index contributed by atoms with van der Waals surface area (Å²) in [6.45, 7) is 0. The van der Waals surface area contributed by atoms with E-state index in [0.717, 1.165) is 0 Å². The molecule has 1 rings (SSSR count). The standard InChI is InChI=1S/C6H6N2O3/c9-7-5-1-3-6(4-2-5)11-8-10/h1-4,7,9H. The first-order chi connectivity index (χ1) is 5.36. The van der Waals surface area contributed by atoms with Crippen molar-refractivity contribution in [3.8, 4) is 5.75 Å². The van der Waals surface area contributed by atoms with Gasteiger partial charge in [-0.1, -0.05) is 0 Å². The van der Waals surface area contributed by atoms with E-state index in [1.165, 1.54) is 12.1 Å². The van der Waals surface area contributed by atoms with Crippen molar-refractivity contribution in [1.82, 2.24) is 0 Å². The highest BCUT2D eigenvalue weighted by Crippen LogP contribution is 2.14. The van der Waals surface area contributed by atoms with Crippen LogP contribution in [0.15, 0.2) is 29.6 Å². The van der Waals surface area contributed by atoms with Gasteiger partial charge in [0.1, 0.15) is 0 Å². The van der Waals surface area contributed by atoms with E-state index >= 15 is 0 Å². The lowest BCUT2D eigenvalue weighted by molar-refractivity contribution is 0.334. The zero-order chi connectivity index (χ0) is 8.10. The number of anilines is 1. The second-order valence-electron chi connectivity index (χ2n) is 1.80. The van der Waals surface area contributed by atoms with Crippen molar-refractivity contribution in [2.45, 2.75) is 0 Å². The number of hydrogen-bond donors (Lipinski definition) is 2. The third kappa shape index (κ3) is 1.91. The fourth-order valence-corrected chi connectivity index (χ4v) is 0.633. The summed E-state index contributed by atoms with van der Waals surface area (Å²) >= 11 is 0. The molecule has 1 aromatic carbocycles. The van der Waals surface area contributed by atoms with Gasteiger partial charge >= 0.3 is 0 Å². The third-order valence-electron chi connectivity index (χ3n) is 1.13. The number of rotatable bonds is 3. The van der Waals surface area contributed by atoms with E-state index < -0.39 is 0 Å². The summed E-state index contributed by atoms with van der Waals surface area (Å²) in [5.41, 5.74) is 2.45. The number of nitrogens with one attached hydrogen (secondary N) is 1. The Morgan fingerprint density at radius 2 is 2.00 bits per heavy atom. The Morgan fingerprint density at radius 1 is 1.36 bits per heavy atom. The van der Waals surface area contributed by atoms with Crippen molar-refractivity contribution in [2.24, 2.45) is 5.34 Å². The van der Waals surface area contributed by atoms with Gasteiger partial charge in [0.25, 0.3) is 0 Å². The van der Waals surface area contributed by atoms with Gasteiger partial charge in [0.05, 0.1) is 5.69 Å². The quantitative estimate of drug-likeness (QED) is 0.511. The Hall–Kier alpha value is -1.62. The molecule has 0 aromatic heterocycles. The smallest absolute Gasteiger partial charge is 0.161 e. The van der Waals surface area contributed by atoms with Gasteiger partial charge < -0.3 is 4.84 Å². The Bertz CT molecular complexity index is 234. The van der Waals surface area contributed by atoms with Gasteiger partial charge in [0.2, 0.25) is 0 Å². The van der Waals surface area contributed by atoms with Crippen molar-refractivity contribution in [1.29, 1.82) is 0 Å². The van der Waals surface area contributed by atoms with Crippen LogP contribution >= 0.6 is 0 Å². The predicted octanol–water partition coefficient (Wildman–Crippen LogP) is 1.55. The van der Waals surface area contributed by atoms with Crippen LogP contribution in [0.3, 0.4) is 0 Å². The monoisotopic (exact) mass is 154 g/mol. The highest BCUT2D eigenvalue weighted by atomic mass is 16.7. The molecule has 0 unspecified atom stereocenters. The van der Waals surface area contributed by atoms with Crippen molar-refractivity contribution < 1.29 is 10.0 Å². The van der Waals surface area contributed by atoms with Crippen molar-refractivity contribution in [2.75, 3.05) is 5.48 Å². The van der Waals surface area contributed by atoms with E-state index in [9.17, 15) is 4.91 Å². The summed E-state index contributed by atoms with van der Waals surface area (Å²) in [7, 11) is 0. The number of benzene rings is 1. The van der Waals surface area contributed by atoms with Gasteiger partial charge in [-0.2, -0.15) is 0 Å². The van der Waals surface area contributed by atoms with E-state index in [-0.39, 0.29) is 0 Å². The highest BCUT2D eigenvalue weighted by molar-refractivity contribution is 5.44. The summed E-state index contributed by atoms with van der Waals surface area (Å²) in [6.07, 6.45) is 0. The third-order valence-corrected chi connectivity index (χ3v) is 1.13. The van der Waals surface area contributed by atoms with E-state index in [2.05, 4.69) is 10.2 Å². The molecule has 0 saturated heterocycles. The van der Waals surface area contributed by atoms with Crippen LogP contribution in [-0.4, -0.2) is 5.21 Å². The minimum atomic E-state index is 0.332. The van der Waals surface area contributed by atoms with Gasteiger partial charge in [0.15, 0.2) is 11.1 Å². The zero-order valence-electron chi connectivity index (χ0n) is 5.52. The average Bonchev–Trinajstić information content (AvgIpc) is 2.07. The van der Waals surface area contributed by atoms with Gasteiger partial charge in [-0.05, 0) is 24.3 Å². The lowest BCUT2D eigenvalue weighted by Crippen LogP contribution is -1.88. The first-order valence-electron chi connectivity index (χ1n) is 2.86. The van der Waals surface area contributed by atoms with Crippen LogP contribution in [0.5, 0.6) is 5.75 Å². The van der Waals surface area contributed by atoms with E-state index in [1.54, 1.807) is 12.1 Å². The maximum atomic E-state index is 9.59. The van der Waals surface area contributed by atoms with Crippen LogP contribution in [-0.2, 0) is 0 Å². The molecule has 5 nitrogen and oxygen atoms in total. The van der Waals surface area contributed by atoms with Gasteiger partial charge in [0, 0.05) is 0 Å². The minimum Gasteiger partial charge on any atom is -0.324 e. The summed E-state index contributed by atoms with van der Waals surface area (Å²) in [5.74, 6) is 0.332. The molecule has 0 fully saturated rings. The van der Waals surface area contributed by atoms with E-state index in [1.807, 2.05) is 5.48 Å². The first-order valence-corrected chi connectivity index (χ1v) is 2.86. The van der Waals surface area contributed by atoms with Gasteiger partial charge in [-0.15, -0.1) is 4.91 Å². The number of hydrogen-bond acceptors (Lipinski definition) is 5. The van der Waals surface area contributed by atoms with Crippen LogP contribution in [0, 0.1) is 4.91 Å². The molecule has 11 heavy (non-hydrogen) atoms. The fraction of sp³-hybridized carbons (Fsp3) is 0. The maximum Gasteiger partial charge on any atom is 0.161 e. The molecule has 0 amide bonds. The second kappa shape index (κ2) is 3.52. The largest absolute Gasteiger partial charge is 0.324 e. The number of nitrogens with zero attached hydrogens (tertiary/aromatic N) is 1. The lowest BCUT2D eigenvalue weighted by Gasteiger charge is -1.97. The molecule has 58 valence electrons. The Labute approximate surface area is 62.5 Å². The Morgan fingerprint density at radius 3 is 2.45 bits per heavy atom. The first kappa shape index (κ1) is 7.49. The van der Waals surface area contributed by atoms with Crippen LogP contribution < -0.4 is 10.3 Å². The van der Waals surface area contributed by atoms with Crippen molar-refractivity contribution in [3.05, 3.63) is 29.2 Å². The molecule has 0 aliphatic rings. The van der Waals surface area contributed by atoms with Gasteiger partial charge in [-0.25, -0.2) is 0 Å². The molecular weight excluding hydrogens is 148 g/mol. The molecule has 0 radical (unpaired) electrons. The topological polar surface area (TPSA) is 70.9 Å². The molecule has 0 aliphatic carbocycles. The second-order valence-corrected chi connectivity index (χ2v) is 1.80. The molecular formula is C6H6N2O3. The molecule has 0 heterocycles. The molecule has 1 aromatic rings. The fourth-order valence-electron chi connectivity index (χ4n) is 0.633. The highest BCUT2D eigenvalue weighted by Gasteiger charge is 1.92. The lowest BCUT2D eigenvalue weighted by atomic mass is 10.3. The Kier molecular flexibility index (Phi) is 2.40. The molecule has 0 bridgehead atoms. The van der Waals surface area contributed by atoms with Crippen LogP contribution in [0.25, 0.3) is 0 Å². The summed E-state index contributed by atoms with van der Waals surface area (Å²) in [4.78, 5) is 13.9. The summed E-state index contributed by atoms with van der Waals surface area (Å²) < 4.78 is 0. The predicted molar refractivity (Wildman–Crippen MR) is 38.3 cm³/mol.